The second-order valence-corrected chi connectivity index (χ2v) is 8.64. The molecule has 0 saturated carbocycles. The fourth-order valence-electron chi connectivity index (χ4n) is 3.69. The van der Waals surface area contributed by atoms with E-state index in [9.17, 15) is 4.79 Å². The Morgan fingerprint density at radius 1 is 1.06 bits per heavy atom. The number of carbonyl (C=O) groups is 1. The number of hydrogen-bond donors (Lipinski definition) is 1. The molecule has 2 aromatic carbocycles. The molecule has 9 nitrogen and oxygen atoms in total. The van der Waals surface area contributed by atoms with Crippen molar-refractivity contribution in [3.8, 4) is 17.3 Å². The highest BCUT2D eigenvalue weighted by atomic mass is 35.5. The number of rotatable bonds is 6. The predicted octanol–water partition coefficient (Wildman–Crippen LogP) is 5.00. The highest BCUT2D eigenvalue weighted by Gasteiger charge is 2.18. The first-order chi connectivity index (χ1) is 16.9. The Labute approximate surface area is 206 Å². The molecule has 1 N–H and O–H groups in total. The zero-order chi connectivity index (χ0) is 24.5. The summed E-state index contributed by atoms with van der Waals surface area (Å²) >= 11 is 6.16. The van der Waals surface area contributed by atoms with E-state index in [2.05, 4.69) is 25.5 Å². The predicted molar refractivity (Wildman–Crippen MR) is 134 cm³/mol. The summed E-state index contributed by atoms with van der Waals surface area (Å²) in [5, 5.41) is 13.2. The summed E-state index contributed by atoms with van der Waals surface area (Å²) in [6.45, 7) is 5.75. The molecule has 1 amide bonds. The molecule has 0 unspecified atom stereocenters. The Hall–Kier alpha value is -4.24. The van der Waals surface area contributed by atoms with Crippen LogP contribution in [0.2, 0.25) is 5.02 Å². The molecule has 0 spiro atoms. The molecule has 3 aromatic heterocycles. The molecule has 5 rings (SSSR count). The summed E-state index contributed by atoms with van der Waals surface area (Å²) in [6, 6.07) is 16.1. The Morgan fingerprint density at radius 2 is 1.86 bits per heavy atom. The van der Waals surface area contributed by atoms with Gasteiger partial charge in [-0.15, -0.1) is 0 Å². The maximum absolute atomic E-state index is 13.0. The minimum atomic E-state index is -0.276. The van der Waals surface area contributed by atoms with E-state index in [-0.39, 0.29) is 12.0 Å². The van der Waals surface area contributed by atoms with Crippen LogP contribution >= 0.6 is 11.6 Å². The molecule has 0 fully saturated rings. The summed E-state index contributed by atoms with van der Waals surface area (Å²) in [4.78, 5) is 21.8. The number of hydrogen-bond acceptors (Lipinski definition) is 6. The van der Waals surface area contributed by atoms with Crippen LogP contribution in [0, 0.1) is 6.92 Å². The fraction of sp³-hybridized carbons (Fsp3) is 0.160. The van der Waals surface area contributed by atoms with Crippen molar-refractivity contribution in [2.75, 3.05) is 5.32 Å². The molecule has 0 atom stereocenters. The van der Waals surface area contributed by atoms with Gasteiger partial charge in [-0.3, -0.25) is 4.79 Å². The van der Waals surface area contributed by atoms with Gasteiger partial charge in [0.15, 0.2) is 11.5 Å². The molecule has 5 aromatic rings. The quantitative estimate of drug-likeness (QED) is 0.361. The molecular formula is C25H22ClN7O2. The number of halogens is 1. The van der Waals surface area contributed by atoms with Gasteiger partial charge in [0, 0.05) is 16.7 Å². The van der Waals surface area contributed by atoms with Crippen LogP contribution in [0.5, 0.6) is 5.75 Å². The highest BCUT2D eigenvalue weighted by Crippen LogP contribution is 2.25. The van der Waals surface area contributed by atoms with Crippen molar-refractivity contribution in [2.24, 2.45) is 0 Å². The van der Waals surface area contributed by atoms with Gasteiger partial charge in [-0.1, -0.05) is 17.7 Å². The number of benzene rings is 2. The van der Waals surface area contributed by atoms with Gasteiger partial charge < -0.3 is 10.1 Å². The highest BCUT2D eigenvalue weighted by molar-refractivity contribution is 6.30. The number of nitrogens with one attached hydrogen (secondary N) is 1. The zero-order valence-corrected chi connectivity index (χ0v) is 20.1. The zero-order valence-electron chi connectivity index (χ0n) is 19.3. The van der Waals surface area contributed by atoms with Gasteiger partial charge in [0.25, 0.3) is 5.91 Å². The van der Waals surface area contributed by atoms with Crippen molar-refractivity contribution in [3.63, 3.8) is 0 Å². The summed E-state index contributed by atoms with van der Waals surface area (Å²) in [5.74, 6) is 1.40. The van der Waals surface area contributed by atoms with E-state index in [1.807, 2.05) is 32.9 Å². The molecule has 10 heteroatoms. The Kier molecular flexibility index (Phi) is 5.92. The fourth-order valence-corrected chi connectivity index (χ4v) is 3.88. The standard InChI is InChI=1S/C25H22ClN7O2/c1-15(2)35-20-9-7-17(8-10-20)25(34)30-22-11-16(3)31-33(22)24-21-13-29-32(23(21)27-14-28-24)19-6-4-5-18(26)12-19/h4-15H,1-3H3,(H,30,34). The second-order valence-electron chi connectivity index (χ2n) is 8.20. The van der Waals surface area contributed by atoms with Crippen LogP contribution in [0.1, 0.15) is 29.9 Å². The number of aryl methyl sites for hydroxylation is 1. The van der Waals surface area contributed by atoms with Crippen LogP contribution in [0.3, 0.4) is 0 Å². The number of amides is 1. The van der Waals surface area contributed by atoms with Crippen molar-refractivity contribution < 1.29 is 9.53 Å². The molecule has 3 heterocycles. The van der Waals surface area contributed by atoms with Gasteiger partial charge >= 0.3 is 0 Å². The summed E-state index contributed by atoms with van der Waals surface area (Å²) in [7, 11) is 0. The third kappa shape index (κ3) is 4.58. The van der Waals surface area contributed by atoms with Crippen molar-refractivity contribution in [1.29, 1.82) is 0 Å². The number of anilines is 1. The first kappa shape index (κ1) is 22.5. The number of nitrogens with zero attached hydrogens (tertiary/aromatic N) is 6. The largest absolute Gasteiger partial charge is 0.491 e. The van der Waals surface area contributed by atoms with E-state index < -0.39 is 0 Å². The van der Waals surface area contributed by atoms with E-state index in [1.165, 1.54) is 6.33 Å². The Bertz CT molecular complexity index is 1520. The van der Waals surface area contributed by atoms with E-state index in [1.54, 1.807) is 58.0 Å². The lowest BCUT2D eigenvalue weighted by Gasteiger charge is -2.11. The van der Waals surface area contributed by atoms with Gasteiger partial charge in [0.05, 0.1) is 29.1 Å². The van der Waals surface area contributed by atoms with Gasteiger partial charge in [-0.05, 0) is 63.2 Å². The minimum Gasteiger partial charge on any atom is -0.491 e. The normalized spacial score (nSPS) is 11.2. The van der Waals surface area contributed by atoms with E-state index in [0.717, 1.165) is 11.4 Å². The molecule has 0 bridgehead atoms. The molecule has 35 heavy (non-hydrogen) atoms. The maximum Gasteiger partial charge on any atom is 0.256 e. The minimum absolute atomic E-state index is 0.0555. The topological polar surface area (TPSA) is 99.7 Å². The van der Waals surface area contributed by atoms with Crippen molar-refractivity contribution in [1.82, 2.24) is 29.5 Å². The average molecular weight is 488 g/mol. The molecule has 0 saturated heterocycles. The smallest absolute Gasteiger partial charge is 0.256 e. The lowest BCUT2D eigenvalue weighted by atomic mass is 10.2. The first-order valence-corrected chi connectivity index (χ1v) is 11.4. The van der Waals surface area contributed by atoms with Gasteiger partial charge in [-0.2, -0.15) is 14.9 Å². The number of ether oxygens (including phenoxy) is 1. The van der Waals surface area contributed by atoms with Crippen LogP contribution in [-0.2, 0) is 0 Å². The van der Waals surface area contributed by atoms with Crippen molar-refractivity contribution in [3.05, 3.63) is 83.4 Å². The molecule has 0 aliphatic heterocycles. The number of fused-ring (bicyclic) bond motifs is 1. The van der Waals surface area contributed by atoms with Crippen molar-refractivity contribution >= 4 is 34.4 Å². The van der Waals surface area contributed by atoms with E-state index >= 15 is 0 Å². The maximum atomic E-state index is 13.0. The van der Waals surface area contributed by atoms with Crippen LogP contribution in [0.15, 0.2) is 67.1 Å². The van der Waals surface area contributed by atoms with Crippen LogP contribution in [0.4, 0.5) is 5.82 Å². The lowest BCUT2D eigenvalue weighted by molar-refractivity contribution is 0.102. The summed E-state index contributed by atoms with van der Waals surface area (Å²) < 4.78 is 8.92. The third-order valence-corrected chi connectivity index (χ3v) is 5.39. The van der Waals surface area contributed by atoms with Gasteiger partial charge in [0.1, 0.15) is 17.9 Å². The Balaban J connectivity index is 1.48. The van der Waals surface area contributed by atoms with E-state index in [0.29, 0.717) is 39.0 Å². The van der Waals surface area contributed by atoms with E-state index in [4.69, 9.17) is 16.3 Å². The second kappa shape index (κ2) is 9.19. The first-order valence-electron chi connectivity index (χ1n) is 11.0. The summed E-state index contributed by atoms with van der Waals surface area (Å²) in [6.07, 6.45) is 3.16. The van der Waals surface area contributed by atoms with Crippen LogP contribution in [0.25, 0.3) is 22.5 Å². The monoisotopic (exact) mass is 487 g/mol. The van der Waals surface area contributed by atoms with Crippen molar-refractivity contribution in [2.45, 2.75) is 26.9 Å². The number of aromatic nitrogens is 6. The van der Waals surface area contributed by atoms with Crippen LogP contribution < -0.4 is 10.1 Å². The average Bonchev–Trinajstić information content (AvgIpc) is 3.42. The lowest BCUT2D eigenvalue weighted by Crippen LogP contribution is -2.16. The number of carbonyl (C=O) groups excluding carboxylic acids is 1. The molecule has 0 aliphatic rings. The molecule has 0 radical (unpaired) electrons. The van der Waals surface area contributed by atoms with Crippen LogP contribution in [-0.4, -0.2) is 41.5 Å². The molecular weight excluding hydrogens is 466 g/mol. The SMILES string of the molecule is Cc1cc(NC(=O)c2ccc(OC(C)C)cc2)n(-c2ncnc3c2cnn3-c2cccc(Cl)c2)n1. The Morgan fingerprint density at radius 3 is 2.60 bits per heavy atom. The molecule has 0 aliphatic carbocycles. The third-order valence-electron chi connectivity index (χ3n) is 5.16. The van der Waals surface area contributed by atoms with Gasteiger partial charge in [0.2, 0.25) is 0 Å². The van der Waals surface area contributed by atoms with Gasteiger partial charge in [-0.25, -0.2) is 14.6 Å². The molecule has 176 valence electrons. The summed E-state index contributed by atoms with van der Waals surface area (Å²) in [5.41, 5.74) is 2.57.